The third-order valence-electron chi connectivity index (χ3n) is 3.20. The zero-order valence-corrected chi connectivity index (χ0v) is 12.1. The van der Waals surface area contributed by atoms with Crippen LogP contribution in [0.25, 0.3) is 0 Å². The van der Waals surface area contributed by atoms with Crippen LogP contribution in [0.2, 0.25) is 0 Å². The predicted octanol–water partition coefficient (Wildman–Crippen LogP) is 4.22. The number of benzene rings is 1. The van der Waals surface area contributed by atoms with E-state index in [0.29, 0.717) is 0 Å². The maximum Gasteiger partial charge on any atom is 0.122 e. The van der Waals surface area contributed by atoms with Crippen molar-refractivity contribution in [2.24, 2.45) is 0 Å². The molecule has 0 saturated carbocycles. The minimum atomic E-state index is 0.864. The van der Waals surface area contributed by atoms with E-state index in [1.165, 1.54) is 31.2 Å². The standard InChI is InChI=1S/C17H24O2/c1-4-5-6-7-8-9-10-11-15-12-16(18-2)14-17(13-15)19-3/h1,12-14H,5-11H2,2-3H3. The SMILES string of the molecule is C#CCCCCCCCc1cc(OC)cc(OC)c1. The van der Waals surface area contributed by atoms with Gasteiger partial charge in [0.15, 0.2) is 0 Å². The molecule has 19 heavy (non-hydrogen) atoms. The van der Waals surface area contributed by atoms with E-state index >= 15 is 0 Å². The van der Waals surface area contributed by atoms with E-state index < -0.39 is 0 Å². The zero-order valence-electron chi connectivity index (χ0n) is 12.1. The van der Waals surface area contributed by atoms with Gasteiger partial charge in [-0.1, -0.05) is 19.3 Å². The summed E-state index contributed by atoms with van der Waals surface area (Å²) in [4.78, 5) is 0. The lowest BCUT2D eigenvalue weighted by Gasteiger charge is -2.08. The molecular formula is C17H24O2. The van der Waals surface area contributed by atoms with Crippen LogP contribution in [-0.2, 0) is 6.42 Å². The first-order valence-corrected chi connectivity index (χ1v) is 6.95. The number of hydrogen-bond donors (Lipinski definition) is 0. The quantitative estimate of drug-likeness (QED) is 0.489. The summed E-state index contributed by atoms with van der Waals surface area (Å²) < 4.78 is 10.5. The Hall–Kier alpha value is -1.62. The molecule has 0 unspecified atom stereocenters. The molecule has 0 saturated heterocycles. The van der Waals surface area contributed by atoms with E-state index in [1.54, 1.807) is 14.2 Å². The molecule has 0 spiro atoms. The Morgan fingerprint density at radius 1 is 0.895 bits per heavy atom. The Kier molecular flexibility index (Phi) is 7.58. The number of ether oxygens (including phenoxy) is 2. The zero-order chi connectivity index (χ0) is 13.9. The summed E-state index contributed by atoms with van der Waals surface area (Å²) in [6.07, 6.45) is 13.3. The highest BCUT2D eigenvalue weighted by Crippen LogP contribution is 2.23. The maximum atomic E-state index is 5.27. The van der Waals surface area contributed by atoms with Gasteiger partial charge in [0.1, 0.15) is 11.5 Å². The van der Waals surface area contributed by atoms with Crippen LogP contribution in [0.4, 0.5) is 0 Å². The van der Waals surface area contributed by atoms with Crippen LogP contribution in [0.15, 0.2) is 18.2 Å². The number of aryl methyl sites for hydroxylation is 1. The van der Waals surface area contributed by atoms with Gasteiger partial charge >= 0.3 is 0 Å². The molecular weight excluding hydrogens is 236 g/mol. The van der Waals surface area contributed by atoms with Crippen molar-refractivity contribution in [2.75, 3.05) is 14.2 Å². The second-order valence-electron chi connectivity index (χ2n) is 4.69. The van der Waals surface area contributed by atoms with E-state index in [0.717, 1.165) is 30.8 Å². The summed E-state index contributed by atoms with van der Waals surface area (Å²) in [5, 5.41) is 0. The summed E-state index contributed by atoms with van der Waals surface area (Å²) in [7, 11) is 3.37. The number of rotatable bonds is 9. The Morgan fingerprint density at radius 2 is 1.47 bits per heavy atom. The summed E-state index contributed by atoms with van der Waals surface area (Å²) in [6, 6.07) is 6.07. The molecule has 1 aromatic carbocycles. The van der Waals surface area contributed by atoms with E-state index in [2.05, 4.69) is 18.1 Å². The largest absolute Gasteiger partial charge is 0.497 e. The van der Waals surface area contributed by atoms with E-state index in [4.69, 9.17) is 15.9 Å². The molecule has 1 rings (SSSR count). The predicted molar refractivity (Wildman–Crippen MR) is 79.8 cm³/mol. The molecule has 0 aromatic heterocycles. The van der Waals surface area contributed by atoms with Crippen molar-refractivity contribution < 1.29 is 9.47 Å². The lowest BCUT2D eigenvalue weighted by molar-refractivity contribution is 0.393. The van der Waals surface area contributed by atoms with Gasteiger partial charge in [0.25, 0.3) is 0 Å². The molecule has 2 heteroatoms. The van der Waals surface area contributed by atoms with Crippen LogP contribution in [-0.4, -0.2) is 14.2 Å². The average molecular weight is 260 g/mol. The van der Waals surface area contributed by atoms with Crippen LogP contribution in [0.1, 0.15) is 44.1 Å². The number of unbranched alkanes of at least 4 members (excludes halogenated alkanes) is 5. The highest BCUT2D eigenvalue weighted by atomic mass is 16.5. The third-order valence-corrected chi connectivity index (χ3v) is 3.20. The highest BCUT2D eigenvalue weighted by molar-refractivity contribution is 5.38. The number of hydrogen-bond acceptors (Lipinski definition) is 2. The van der Waals surface area contributed by atoms with Gasteiger partial charge < -0.3 is 9.47 Å². The maximum absolute atomic E-state index is 5.27. The van der Waals surface area contributed by atoms with Gasteiger partial charge in [0.05, 0.1) is 14.2 Å². The summed E-state index contributed by atoms with van der Waals surface area (Å²) >= 11 is 0. The van der Waals surface area contributed by atoms with Crippen molar-refractivity contribution in [2.45, 2.75) is 44.9 Å². The minimum absolute atomic E-state index is 0.864. The molecule has 0 bridgehead atoms. The third kappa shape index (κ3) is 6.20. The fourth-order valence-corrected chi connectivity index (χ4v) is 2.10. The van der Waals surface area contributed by atoms with Gasteiger partial charge in [0.2, 0.25) is 0 Å². The van der Waals surface area contributed by atoms with Crippen molar-refractivity contribution in [3.05, 3.63) is 23.8 Å². The van der Waals surface area contributed by atoms with Gasteiger partial charge in [-0.05, 0) is 37.0 Å². The molecule has 0 atom stereocenters. The molecule has 0 N–H and O–H groups in total. The van der Waals surface area contributed by atoms with E-state index in [-0.39, 0.29) is 0 Å². The summed E-state index contributed by atoms with van der Waals surface area (Å²) in [5.41, 5.74) is 1.28. The Bertz CT molecular complexity index is 382. The van der Waals surface area contributed by atoms with Crippen LogP contribution in [0, 0.1) is 12.3 Å². The summed E-state index contributed by atoms with van der Waals surface area (Å²) in [5.74, 6) is 4.41. The molecule has 0 fully saturated rings. The van der Waals surface area contributed by atoms with Gasteiger partial charge in [-0.25, -0.2) is 0 Å². The second-order valence-corrected chi connectivity index (χ2v) is 4.69. The molecule has 0 aliphatic heterocycles. The molecule has 0 amide bonds. The normalized spacial score (nSPS) is 9.95. The van der Waals surface area contributed by atoms with Gasteiger partial charge in [-0.2, -0.15) is 0 Å². The molecule has 1 aromatic rings. The Morgan fingerprint density at radius 3 is 2.05 bits per heavy atom. The highest BCUT2D eigenvalue weighted by Gasteiger charge is 2.01. The fraction of sp³-hybridized carbons (Fsp3) is 0.529. The smallest absolute Gasteiger partial charge is 0.122 e. The molecule has 0 aliphatic carbocycles. The van der Waals surface area contributed by atoms with Gasteiger partial charge in [-0.15, -0.1) is 12.3 Å². The molecule has 0 aliphatic rings. The first-order valence-electron chi connectivity index (χ1n) is 6.95. The second kappa shape index (κ2) is 9.33. The average Bonchev–Trinajstić information content (AvgIpc) is 2.45. The van der Waals surface area contributed by atoms with Crippen molar-refractivity contribution in [3.63, 3.8) is 0 Å². The van der Waals surface area contributed by atoms with Crippen molar-refractivity contribution >= 4 is 0 Å². The van der Waals surface area contributed by atoms with E-state index in [9.17, 15) is 0 Å². The summed E-state index contributed by atoms with van der Waals surface area (Å²) in [6.45, 7) is 0. The van der Waals surface area contributed by atoms with Crippen molar-refractivity contribution in [3.8, 4) is 23.8 Å². The molecule has 0 radical (unpaired) electrons. The van der Waals surface area contributed by atoms with Crippen LogP contribution < -0.4 is 9.47 Å². The first-order chi connectivity index (χ1) is 9.30. The minimum Gasteiger partial charge on any atom is -0.497 e. The van der Waals surface area contributed by atoms with Crippen LogP contribution in [0.5, 0.6) is 11.5 Å². The van der Waals surface area contributed by atoms with Crippen molar-refractivity contribution in [1.82, 2.24) is 0 Å². The number of terminal acetylenes is 1. The lowest BCUT2D eigenvalue weighted by atomic mass is 10.0. The first kappa shape index (κ1) is 15.4. The monoisotopic (exact) mass is 260 g/mol. The van der Waals surface area contributed by atoms with E-state index in [1.807, 2.05) is 6.07 Å². The molecule has 0 heterocycles. The number of methoxy groups -OCH3 is 2. The Balaban J connectivity index is 2.30. The fourth-order valence-electron chi connectivity index (χ4n) is 2.10. The topological polar surface area (TPSA) is 18.5 Å². The molecule has 2 nitrogen and oxygen atoms in total. The van der Waals surface area contributed by atoms with Crippen LogP contribution in [0.3, 0.4) is 0 Å². The van der Waals surface area contributed by atoms with Crippen LogP contribution >= 0.6 is 0 Å². The lowest BCUT2D eigenvalue weighted by Crippen LogP contribution is -1.92. The van der Waals surface area contributed by atoms with Gasteiger partial charge in [0, 0.05) is 12.5 Å². The molecule has 104 valence electrons. The van der Waals surface area contributed by atoms with Gasteiger partial charge in [-0.3, -0.25) is 0 Å². The Labute approximate surface area is 117 Å². The van der Waals surface area contributed by atoms with Crippen molar-refractivity contribution in [1.29, 1.82) is 0 Å².